The van der Waals surface area contributed by atoms with Gasteiger partial charge in [0.15, 0.2) is 10.9 Å². The van der Waals surface area contributed by atoms with Gasteiger partial charge in [0.25, 0.3) is 0 Å². The molecule has 142 valence electrons. The van der Waals surface area contributed by atoms with E-state index in [0.29, 0.717) is 10.9 Å². The molecule has 0 aliphatic heterocycles. The second-order valence-electron chi connectivity index (χ2n) is 3.29. The summed E-state index contributed by atoms with van der Waals surface area (Å²) < 4.78 is 0. The number of carbonyl (C=O) groups is 2. The highest BCUT2D eigenvalue weighted by Gasteiger charge is 1.94. The number of thiazole rings is 1. The fraction of sp³-hybridized carbons (Fsp3) is 0.471. The lowest BCUT2D eigenvalue weighted by atomic mass is 10.6. The van der Waals surface area contributed by atoms with Crippen molar-refractivity contribution in [3.05, 3.63) is 30.2 Å². The summed E-state index contributed by atoms with van der Waals surface area (Å²) in [5.74, 6) is 0.264. The van der Waals surface area contributed by atoms with E-state index in [4.69, 9.17) is 0 Å². The van der Waals surface area contributed by atoms with Gasteiger partial charge in [-0.1, -0.05) is 41.5 Å². The summed E-state index contributed by atoms with van der Waals surface area (Å²) in [5.41, 5.74) is 0. The van der Waals surface area contributed by atoms with Crippen LogP contribution in [0.1, 0.15) is 55.4 Å². The molecule has 25 heavy (non-hydrogen) atoms. The Morgan fingerprint density at radius 2 is 1.40 bits per heavy atom. The number of hydrogen-bond donors (Lipinski definition) is 2. The molecule has 0 aromatic carbocycles. The zero-order chi connectivity index (χ0) is 20.1. The number of carbonyl (C=O) groups excluding carboxylic acids is 2. The van der Waals surface area contributed by atoms with E-state index in [0.717, 1.165) is 0 Å². The summed E-state index contributed by atoms with van der Waals surface area (Å²) in [6, 6.07) is 0. The van der Waals surface area contributed by atoms with Crippen LogP contribution in [0.3, 0.4) is 0 Å². The van der Waals surface area contributed by atoms with E-state index >= 15 is 0 Å². The van der Waals surface area contributed by atoms with Gasteiger partial charge in [-0.3, -0.25) is 14.6 Å². The van der Waals surface area contributed by atoms with Gasteiger partial charge in [-0.15, -0.1) is 11.3 Å². The number of hydrogen-bond acceptors (Lipinski definition) is 6. The molecular weight excluding hydrogens is 338 g/mol. The van der Waals surface area contributed by atoms with E-state index in [-0.39, 0.29) is 11.8 Å². The summed E-state index contributed by atoms with van der Waals surface area (Å²) in [6.45, 7) is 14.9. The Balaban J connectivity index is -0.000000299. The molecule has 2 N–H and O–H groups in total. The van der Waals surface area contributed by atoms with Crippen LogP contribution >= 0.6 is 11.3 Å². The molecule has 7 nitrogen and oxygen atoms in total. The fourth-order valence-electron chi connectivity index (χ4n) is 0.980. The Morgan fingerprint density at radius 1 is 0.840 bits per heavy atom. The SMILES string of the molecule is CC.CC.CC.CC(=O)Nc1cnccn1.CC(=O)Nc1nccs1. The molecule has 2 aromatic heterocycles. The number of anilines is 2. The Labute approximate surface area is 155 Å². The predicted molar refractivity (Wildman–Crippen MR) is 107 cm³/mol. The minimum absolute atomic E-state index is 0.0787. The first-order chi connectivity index (χ1) is 12.1. The lowest BCUT2D eigenvalue weighted by Gasteiger charge is -1.96. The smallest absolute Gasteiger partial charge is 0.223 e. The number of amides is 2. The van der Waals surface area contributed by atoms with Crippen molar-refractivity contribution in [1.82, 2.24) is 15.0 Å². The molecule has 0 aliphatic rings. The molecule has 2 aromatic rings. The van der Waals surface area contributed by atoms with Gasteiger partial charge in [0.1, 0.15) is 0 Å². The van der Waals surface area contributed by atoms with Gasteiger partial charge >= 0.3 is 0 Å². The van der Waals surface area contributed by atoms with Crippen LogP contribution in [0.4, 0.5) is 10.9 Å². The van der Waals surface area contributed by atoms with Crippen LogP contribution in [0.5, 0.6) is 0 Å². The first-order valence-electron chi connectivity index (χ1n) is 8.28. The second-order valence-corrected chi connectivity index (χ2v) is 4.18. The zero-order valence-corrected chi connectivity index (χ0v) is 17.3. The maximum atomic E-state index is 10.4. The van der Waals surface area contributed by atoms with Gasteiger partial charge in [-0.25, -0.2) is 9.97 Å². The Bertz CT molecular complexity index is 519. The number of aromatic nitrogens is 3. The average molecular weight is 370 g/mol. The highest BCUT2D eigenvalue weighted by molar-refractivity contribution is 7.13. The van der Waals surface area contributed by atoms with Crippen molar-refractivity contribution in [2.45, 2.75) is 55.4 Å². The molecule has 0 atom stereocenters. The van der Waals surface area contributed by atoms with Crippen LogP contribution < -0.4 is 10.6 Å². The maximum absolute atomic E-state index is 10.4. The van der Waals surface area contributed by atoms with E-state index in [1.807, 2.05) is 46.9 Å². The third kappa shape index (κ3) is 19.6. The maximum Gasteiger partial charge on any atom is 0.223 e. The molecule has 0 radical (unpaired) electrons. The van der Waals surface area contributed by atoms with Crippen LogP contribution in [0.2, 0.25) is 0 Å². The average Bonchev–Trinajstić information content (AvgIpc) is 3.13. The molecule has 0 spiro atoms. The number of nitrogens with zero attached hydrogens (tertiary/aromatic N) is 3. The van der Waals surface area contributed by atoms with Crippen molar-refractivity contribution in [1.29, 1.82) is 0 Å². The van der Waals surface area contributed by atoms with E-state index in [2.05, 4.69) is 25.6 Å². The first-order valence-corrected chi connectivity index (χ1v) is 9.16. The molecule has 0 saturated heterocycles. The molecule has 0 unspecified atom stereocenters. The molecule has 2 heterocycles. The predicted octanol–water partition coefficient (Wildman–Crippen LogP) is 4.62. The normalized spacial score (nSPS) is 7.52. The van der Waals surface area contributed by atoms with Crippen LogP contribution in [-0.2, 0) is 9.59 Å². The Morgan fingerprint density at radius 3 is 1.76 bits per heavy atom. The molecule has 8 heteroatoms. The molecule has 2 rings (SSSR count). The molecule has 0 fully saturated rings. The lowest BCUT2D eigenvalue weighted by Crippen LogP contribution is -2.07. The van der Waals surface area contributed by atoms with Crippen molar-refractivity contribution in [3.63, 3.8) is 0 Å². The van der Waals surface area contributed by atoms with E-state index in [1.54, 1.807) is 12.4 Å². The second kappa shape index (κ2) is 21.6. The van der Waals surface area contributed by atoms with Gasteiger partial charge in [-0.2, -0.15) is 0 Å². The lowest BCUT2D eigenvalue weighted by molar-refractivity contribution is -0.115. The number of nitrogens with one attached hydrogen (secondary N) is 2. The quantitative estimate of drug-likeness (QED) is 0.805. The minimum atomic E-state index is -0.138. The summed E-state index contributed by atoms with van der Waals surface area (Å²) in [4.78, 5) is 32.2. The standard InChI is InChI=1S/C6H7N3O.C5H6N2OS.3C2H6/c1-5(10)9-6-4-7-2-3-8-6;1-4(8)7-5-6-2-3-9-5;3*1-2/h2-4H,1H3,(H,8,9,10);2-3H,1H3,(H,6,7,8);3*1-2H3. The van der Waals surface area contributed by atoms with Gasteiger partial charge in [0, 0.05) is 37.8 Å². The zero-order valence-electron chi connectivity index (χ0n) is 16.5. The van der Waals surface area contributed by atoms with Crippen LogP contribution in [0, 0.1) is 0 Å². The van der Waals surface area contributed by atoms with E-state index in [9.17, 15) is 9.59 Å². The van der Waals surface area contributed by atoms with E-state index < -0.39 is 0 Å². The molecule has 0 bridgehead atoms. The highest BCUT2D eigenvalue weighted by Crippen LogP contribution is 2.09. The third-order valence-electron chi connectivity index (χ3n) is 1.58. The van der Waals surface area contributed by atoms with Gasteiger partial charge in [-0.05, 0) is 0 Å². The molecular formula is C17H31N5O2S. The summed E-state index contributed by atoms with van der Waals surface area (Å²) in [5, 5.41) is 7.51. The van der Waals surface area contributed by atoms with Gasteiger partial charge < -0.3 is 10.6 Å². The largest absolute Gasteiger partial charge is 0.310 e. The monoisotopic (exact) mass is 369 g/mol. The van der Waals surface area contributed by atoms with Crippen molar-refractivity contribution in [2.24, 2.45) is 0 Å². The van der Waals surface area contributed by atoms with Crippen LogP contribution in [-0.4, -0.2) is 26.8 Å². The summed E-state index contributed by atoms with van der Waals surface area (Å²) >= 11 is 1.41. The Kier molecular flexibility index (Phi) is 23.8. The summed E-state index contributed by atoms with van der Waals surface area (Å²) in [6.07, 6.45) is 6.20. The van der Waals surface area contributed by atoms with Crippen molar-refractivity contribution >= 4 is 34.1 Å². The topological polar surface area (TPSA) is 96.9 Å². The van der Waals surface area contributed by atoms with Crippen molar-refractivity contribution in [2.75, 3.05) is 10.6 Å². The molecule has 0 aliphatic carbocycles. The molecule has 2 amide bonds. The van der Waals surface area contributed by atoms with Crippen LogP contribution in [0.15, 0.2) is 30.2 Å². The van der Waals surface area contributed by atoms with Crippen LogP contribution in [0.25, 0.3) is 0 Å². The Hall–Kier alpha value is -2.35. The van der Waals surface area contributed by atoms with E-state index in [1.165, 1.54) is 37.6 Å². The molecule has 0 saturated carbocycles. The first kappa shape index (κ1) is 27.5. The summed E-state index contributed by atoms with van der Waals surface area (Å²) in [7, 11) is 0. The minimum Gasteiger partial charge on any atom is -0.310 e. The number of rotatable bonds is 2. The van der Waals surface area contributed by atoms with Crippen molar-refractivity contribution in [3.8, 4) is 0 Å². The third-order valence-corrected chi connectivity index (χ3v) is 2.27. The van der Waals surface area contributed by atoms with Gasteiger partial charge in [0.05, 0.1) is 6.20 Å². The highest BCUT2D eigenvalue weighted by atomic mass is 32.1. The van der Waals surface area contributed by atoms with Crippen molar-refractivity contribution < 1.29 is 9.59 Å². The fourth-order valence-corrected chi connectivity index (χ4v) is 1.55. The van der Waals surface area contributed by atoms with Gasteiger partial charge in [0.2, 0.25) is 11.8 Å².